The van der Waals surface area contributed by atoms with Crippen LogP contribution in [0.5, 0.6) is 0 Å². The van der Waals surface area contributed by atoms with Crippen molar-refractivity contribution < 1.29 is 13.9 Å². The van der Waals surface area contributed by atoms with Gasteiger partial charge in [-0.2, -0.15) is 0 Å². The molecule has 0 atom stereocenters. The van der Waals surface area contributed by atoms with Crippen molar-refractivity contribution in [1.82, 2.24) is 0 Å². The molecular weight excluding hydrogens is 349 g/mol. The maximum Gasteiger partial charge on any atom is 0.230 e. The van der Waals surface area contributed by atoms with Crippen molar-refractivity contribution in [1.29, 1.82) is 0 Å². The molecule has 0 heterocycles. The first-order valence-electron chi connectivity index (χ1n) is 7.87. The number of thiocarbonyl (C=S) groups is 1. The van der Waals surface area contributed by atoms with E-state index in [4.69, 9.17) is 28.6 Å². The summed E-state index contributed by atoms with van der Waals surface area (Å²) in [4.78, 5) is 12.3. The fourth-order valence-electron chi connectivity index (χ4n) is 1.81. The van der Waals surface area contributed by atoms with E-state index in [2.05, 4.69) is 5.32 Å². The summed E-state index contributed by atoms with van der Waals surface area (Å²) in [6, 6.07) is 2.70. The van der Waals surface area contributed by atoms with Crippen LogP contribution in [0.2, 0.25) is 5.02 Å². The average Bonchev–Trinajstić information content (AvgIpc) is 2.41. The molecule has 3 nitrogen and oxygen atoms in total. The van der Waals surface area contributed by atoms with Crippen LogP contribution in [-0.2, 0) is 16.0 Å². The number of rotatable bonds is 5. The van der Waals surface area contributed by atoms with Gasteiger partial charge in [0.05, 0.1) is 5.69 Å². The van der Waals surface area contributed by atoms with Crippen molar-refractivity contribution in [3.63, 3.8) is 0 Å². The van der Waals surface area contributed by atoms with E-state index >= 15 is 0 Å². The molecule has 1 amide bonds. The number of carbonyl (C=O) groups excluding carboxylic acids is 1. The van der Waals surface area contributed by atoms with Gasteiger partial charge in [-0.1, -0.05) is 32.4 Å². The van der Waals surface area contributed by atoms with Crippen LogP contribution in [0.3, 0.4) is 0 Å². The second-order valence-corrected chi connectivity index (χ2v) is 8.24. The molecule has 0 saturated heterocycles. The highest BCUT2D eigenvalue weighted by Gasteiger charge is 2.26. The zero-order chi connectivity index (χ0) is 18.7. The molecule has 0 aliphatic rings. The number of amides is 1. The number of carbonyl (C=O) groups is 1. The van der Waals surface area contributed by atoms with Crippen LogP contribution in [0.15, 0.2) is 12.1 Å². The Morgan fingerprint density at radius 2 is 1.88 bits per heavy atom. The van der Waals surface area contributed by atoms with Gasteiger partial charge in [0, 0.05) is 16.9 Å². The van der Waals surface area contributed by atoms with Gasteiger partial charge < -0.3 is 10.1 Å². The Bertz CT molecular complexity index is 639. The lowest BCUT2D eigenvalue weighted by atomic mass is 9.89. The van der Waals surface area contributed by atoms with E-state index in [9.17, 15) is 9.18 Å². The van der Waals surface area contributed by atoms with Gasteiger partial charge in [0.2, 0.25) is 5.91 Å². The molecule has 134 valence electrons. The highest BCUT2D eigenvalue weighted by Crippen LogP contribution is 2.28. The van der Waals surface area contributed by atoms with Crippen LogP contribution in [-0.4, -0.2) is 16.6 Å². The van der Waals surface area contributed by atoms with Gasteiger partial charge in [-0.05, 0) is 57.1 Å². The van der Waals surface area contributed by atoms with Gasteiger partial charge in [-0.3, -0.25) is 4.79 Å². The third-order valence-electron chi connectivity index (χ3n) is 3.64. The molecule has 0 aliphatic heterocycles. The zero-order valence-corrected chi connectivity index (χ0v) is 16.6. The summed E-state index contributed by atoms with van der Waals surface area (Å²) >= 11 is 11.3. The molecule has 1 aromatic carbocycles. The summed E-state index contributed by atoms with van der Waals surface area (Å²) in [5.41, 5.74) is -0.292. The summed E-state index contributed by atoms with van der Waals surface area (Å²) in [7, 11) is 0. The van der Waals surface area contributed by atoms with Crippen LogP contribution in [0, 0.1) is 11.2 Å². The maximum atomic E-state index is 14.1. The molecule has 0 unspecified atom stereocenters. The molecular formula is C18H25ClFNO2S. The third-order valence-corrected chi connectivity index (χ3v) is 4.22. The summed E-state index contributed by atoms with van der Waals surface area (Å²) in [6.45, 7) is 11.2. The number of hydrogen-bond acceptors (Lipinski definition) is 3. The Kier molecular flexibility index (Phi) is 6.76. The Balaban J connectivity index is 3.01. The van der Waals surface area contributed by atoms with Crippen LogP contribution < -0.4 is 5.32 Å². The normalized spacial score (nSPS) is 12.0. The average molecular weight is 374 g/mol. The minimum atomic E-state index is -0.586. The van der Waals surface area contributed by atoms with Gasteiger partial charge in [-0.25, -0.2) is 4.39 Å². The summed E-state index contributed by atoms with van der Waals surface area (Å²) < 4.78 is 19.7. The molecule has 0 aliphatic carbocycles. The van der Waals surface area contributed by atoms with E-state index in [1.807, 2.05) is 41.5 Å². The molecule has 0 fully saturated rings. The first-order chi connectivity index (χ1) is 10.9. The van der Waals surface area contributed by atoms with Crippen molar-refractivity contribution in [3.8, 4) is 0 Å². The van der Waals surface area contributed by atoms with Crippen LogP contribution >= 0.6 is 23.8 Å². The quantitative estimate of drug-likeness (QED) is 0.688. The van der Waals surface area contributed by atoms with Gasteiger partial charge in [-0.15, -0.1) is 0 Å². The number of anilines is 1. The van der Waals surface area contributed by atoms with Crippen LogP contribution in [0.4, 0.5) is 10.1 Å². The SMILES string of the molecule is CCC(C)(C)C(=O)Nc1cc(CC(=S)OC(C)(C)C)c(Cl)cc1F. The van der Waals surface area contributed by atoms with E-state index < -0.39 is 16.8 Å². The lowest BCUT2D eigenvalue weighted by Gasteiger charge is -2.23. The minimum Gasteiger partial charge on any atom is -0.481 e. The minimum absolute atomic E-state index is 0.0967. The second-order valence-electron chi connectivity index (χ2n) is 7.38. The molecule has 6 heteroatoms. The Labute approximate surface area is 153 Å². The third kappa shape index (κ3) is 6.02. The fourth-order valence-corrected chi connectivity index (χ4v) is 2.43. The Morgan fingerprint density at radius 1 is 1.29 bits per heavy atom. The lowest BCUT2D eigenvalue weighted by molar-refractivity contribution is -0.124. The molecule has 0 radical (unpaired) electrons. The van der Waals surface area contributed by atoms with Crippen molar-refractivity contribution in [3.05, 3.63) is 28.5 Å². The number of hydrogen-bond donors (Lipinski definition) is 1. The molecule has 1 rings (SSSR count). The second kappa shape index (κ2) is 7.79. The van der Waals surface area contributed by atoms with Gasteiger partial charge in [0.1, 0.15) is 11.4 Å². The van der Waals surface area contributed by atoms with Gasteiger partial charge >= 0.3 is 0 Å². The van der Waals surface area contributed by atoms with Crippen molar-refractivity contribution in [2.45, 2.75) is 60.0 Å². The zero-order valence-electron chi connectivity index (χ0n) is 15.0. The van der Waals surface area contributed by atoms with E-state index in [1.165, 1.54) is 12.1 Å². The molecule has 0 bridgehead atoms. The van der Waals surface area contributed by atoms with Crippen molar-refractivity contribution >= 4 is 40.5 Å². The smallest absolute Gasteiger partial charge is 0.230 e. The predicted molar refractivity (Wildman–Crippen MR) is 101 cm³/mol. The maximum absolute atomic E-state index is 14.1. The topological polar surface area (TPSA) is 38.3 Å². The number of halogens is 2. The number of ether oxygens (including phenoxy) is 1. The van der Waals surface area contributed by atoms with Crippen molar-refractivity contribution in [2.24, 2.45) is 5.41 Å². The largest absolute Gasteiger partial charge is 0.481 e. The van der Waals surface area contributed by atoms with Crippen LogP contribution in [0.25, 0.3) is 0 Å². The summed E-state index contributed by atoms with van der Waals surface area (Å²) in [6.07, 6.45) is 0.913. The first-order valence-corrected chi connectivity index (χ1v) is 8.65. The highest BCUT2D eigenvalue weighted by atomic mass is 35.5. The molecule has 0 saturated carbocycles. The first kappa shape index (κ1) is 20.8. The Hall–Kier alpha value is -1.20. The monoisotopic (exact) mass is 373 g/mol. The van der Waals surface area contributed by atoms with E-state index in [-0.39, 0.29) is 23.0 Å². The van der Waals surface area contributed by atoms with Gasteiger partial charge in [0.25, 0.3) is 0 Å². The predicted octanol–water partition coefficient (Wildman–Crippen LogP) is 5.54. The fraction of sp³-hybridized carbons (Fsp3) is 0.556. The lowest BCUT2D eigenvalue weighted by Crippen LogP contribution is -2.30. The molecule has 24 heavy (non-hydrogen) atoms. The number of nitrogens with one attached hydrogen (secondary N) is 1. The van der Waals surface area contributed by atoms with E-state index in [1.54, 1.807) is 0 Å². The van der Waals surface area contributed by atoms with E-state index in [0.29, 0.717) is 17.0 Å². The molecule has 1 aromatic rings. The van der Waals surface area contributed by atoms with E-state index in [0.717, 1.165) is 0 Å². The summed E-state index contributed by atoms with van der Waals surface area (Å²) in [5, 5.41) is 3.25. The Morgan fingerprint density at radius 3 is 2.38 bits per heavy atom. The summed E-state index contributed by atoms with van der Waals surface area (Å²) in [5.74, 6) is -0.822. The standard InChI is InChI=1S/C18H25ClFNO2S/c1-7-18(5,6)16(22)21-14-8-11(12(19)10-13(14)20)9-15(24)23-17(2,3)4/h8,10H,7,9H2,1-6H3,(H,21,22). The molecule has 0 spiro atoms. The van der Waals surface area contributed by atoms with Gasteiger partial charge in [0.15, 0.2) is 5.05 Å². The number of benzene rings is 1. The highest BCUT2D eigenvalue weighted by molar-refractivity contribution is 7.80. The van der Waals surface area contributed by atoms with Crippen molar-refractivity contribution in [2.75, 3.05) is 5.32 Å². The molecule has 1 N–H and O–H groups in total. The molecule has 0 aromatic heterocycles. The van der Waals surface area contributed by atoms with Crippen LogP contribution in [0.1, 0.15) is 53.5 Å².